The summed E-state index contributed by atoms with van der Waals surface area (Å²) in [7, 11) is 0. The molecule has 2 rings (SSSR count). The maximum absolute atomic E-state index is 11.8. The lowest BCUT2D eigenvalue weighted by Crippen LogP contribution is -2.29. The van der Waals surface area contributed by atoms with Gasteiger partial charge in [-0.05, 0) is 24.3 Å². The van der Waals surface area contributed by atoms with E-state index in [-0.39, 0.29) is 24.8 Å². The standard InChI is InChI=1S/C15H14ClN3O3/c16-13-6-2-1-5-12(13)15(21)17-8-7-14(20)19-18-10-11-4-3-9-22-11/h1-6,9-10H,7-8H2,(H,17,21)(H,19,20)/b18-10-. The van der Waals surface area contributed by atoms with Crippen LogP contribution in [0.4, 0.5) is 0 Å². The van der Waals surface area contributed by atoms with Crippen molar-refractivity contribution in [2.24, 2.45) is 5.10 Å². The molecule has 0 aliphatic heterocycles. The van der Waals surface area contributed by atoms with Crippen molar-refractivity contribution in [3.63, 3.8) is 0 Å². The molecular weight excluding hydrogens is 306 g/mol. The normalized spacial score (nSPS) is 10.6. The second kappa shape index (κ2) is 7.99. The molecular formula is C15H14ClN3O3. The summed E-state index contributed by atoms with van der Waals surface area (Å²) in [5.74, 6) is -0.105. The van der Waals surface area contributed by atoms with Crippen LogP contribution in [-0.2, 0) is 4.79 Å². The van der Waals surface area contributed by atoms with Gasteiger partial charge in [0.1, 0.15) is 5.76 Å². The SMILES string of the molecule is O=C(CCNC(=O)c1ccccc1Cl)N/N=C\c1ccco1. The lowest BCUT2D eigenvalue weighted by Gasteiger charge is -2.05. The van der Waals surface area contributed by atoms with Crippen molar-refractivity contribution < 1.29 is 14.0 Å². The summed E-state index contributed by atoms with van der Waals surface area (Å²) in [6.45, 7) is 0.187. The predicted octanol–water partition coefficient (Wildman–Crippen LogP) is 2.20. The average Bonchev–Trinajstić information content (AvgIpc) is 3.01. The van der Waals surface area contributed by atoms with Crippen molar-refractivity contribution in [3.8, 4) is 0 Å². The van der Waals surface area contributed by atoms with Crippen LogP contribution in [0, 0.1) is 0 Å². The Morgan fingerprint density at radius 1 is 1.23 bits per heavy atom. The summed E-state index contributed by atoms with van der Waals surface area (Å²) >= 11 is 5.91. The first kappa shape index (κ1) is 15.8. The molecule has 0 bridgehead atoms. The summed E-state index contributed by atoms with van der Waals surface area (Å²) in [6.07, 6.45) is 3.00. The van der Waals surface area contributed by atoms with Crippen molar-refractivity contribution in [2.45, 2.75) is 6.42 Å². The highest BCUT2D eigenvalue weighted by molar-refractivity contribution is 6.33. The predicted molar refractivity (Wildman–Crippen MR) is 82.8 cm³/mol. The van der Waals surface area contributed by atoms with Gasteiger partial charge in [-0.3, -0.25) is 9.59 Å². The Bertz CT molecular complexity index is 668. The molecule has 0 radical (unpaired) electrons. The molecule has 114 valence electrons. The fourth-order valence-electron chi connectivity index (χ4n) is 1.62. The molecule has 0 aliphatic carbocycles. The number of hydrazone groups is 1. The Morgan fingerprint density at radius 2 is 2.05 bits per heavy atom. The summed E-state index contributed by atoms with van der Waals surface area (Å²) in [4.78, 5) is 23.4. The molecule has 1 aromatic carbocycles. The van der Waals surface area contributed by atoms with Crippen LogP contribution in [0.5, 0.6) is 0 Å². The van der Waals surface area contributed by atoms with Gasteiger partial charge in [0.15, 0.2) is 0 Å². The van der Waals surface area contributed by atoms with Gasteiger partial charge in [0.05, 0.1) is 23.1 Å². The van der Waals surface area contributed by atoms with Gasteiger partial charge in [-0.15, -0.1) is 0 Å². The molecule has 7 heteroatoms. The van der Waals surface area contributed by atoms with E-state index in [1.54, 1.807) is 36.4 Å². The number of amides is 2. The number of hydrogen-bond acceptors (Lipinski definition) is 4. The number of carbonyl (C=O) groups is 2. The quantitative estimate of drug-likeness (QED) is 0.632. The van der Waals surface area contributed by atoms with Gasteiger partial charge in [0.2, 0.25) is 5.91 Å². The van der Waals surface area contributed by atoms with E-state index in [9.17, 15) is 9.59 Å². The summed E-state index contributed by atoms with van der Waals surface area (Å²) < 4.78 is 5.02. The van der Waals surface area contributed by atoms with Crippen LogP contribution in [0.3, 0.4) is 0 Å². The van der Waals surface area contributed by atoms with Gasteiger partial charge in [0.25, 0.3) is 5.91 Å². The highest BCUT2D eigenvalue weighted by atomic mass is 35.5. The second-order valence-electron chi connectivity index (χ2n) is 4.29. The molecule has 0 spiro atoms. The van der Waals surface area contributed by atoms with E-state index in [0.717, 1.165) is 0 Å². The topological polar surface area (TPSA) is 83.7 Å². The molecule has 0 atom stereocenters. The second-order valence-corrected chi connectivity index (χ2v) is 4.70. The molecule has 1 heterocycles. The number of halogens is 1. The third kappa shape index (κ3) is 4.75. The first-order valence-corrected chi connectivity index (χ1v) is 6.93. The first-order chi connectivity index (χ1) is 10.7. The molecule has 2 amide bonds. The van der Waals surface area contributed by atoms with E-state index in [0.29, 0.717) is 16.3 Å². The Balaban J connectivity index is 1.71. The lowest BCUT2D eigenvalue weighted by molar-refractivity contribution is -0.120. The van der Waals surface area contributed by atoms with E-state index in [2.05, 4.69) is 15.8 Å². The molecule has 2 aromatic rings. The van der Waals surface area contributed by atoms with Crippen LogP contribution in [0.25, 0.3) is 0 Å². The third-order valence-electron chi connectivity index (χ3n) is 2.68. The smallest absolute Gasteiger partial charge is 0.252 e. The number of hydrogen-bond donors (Lipinski definition) is 2. The van der Waals surface area contributed by atoms with Gasteiger partial charge < -0.3 is 9.73 Å². The molecule has 0 fully saturated rings. The van der Waals surface area contributed by atoms with Gasteiger partial charge >= 0.3 is 0 Å². The van der Waals surface area contributed by atoms with Crippen LogP contribution in [0.15, 0.2) is 52.2 Å². The molecule has 6 nitrogen and oxygen atoms in total. The van der Waals surface area contributed by atoms with Crippen LogP contribution in [0.2, 0.25) is 5.02 Å². The lowest BCUT2D eigenvalue weighted by atomic mass is 10.2. The third-order valence-corrected chi connectivity index (χ3v) is 3.01. The van der Waals surface area contributed by atoms with Gasteiger partial charge in [-0.1, -0.05) is 23.7 Å². The van der Waals surface area contributed by atoms with E-state index >= 15 is 0 Å². The molecule has 2 N–H and O–H groups in total. The first-order valence-electron chi connectivity index (χ1n) is 6.55. The van der Waals surface area contributed by atoms with Crippen molar-refractivity contribution in [2.75, 3.05) is 6.54 Å². The summed E-state index contributed by atoms with van der Waals surface area (Å²) in [5, 5.41) is 6.72. The number of furan rings is 1. The van der Waals surface area contributed by atoms with Crippen LogP contribution < -0.4 is 10.7 Å². The van der Waals surface area contributed by atoms with Gasteiger partial charge in [-0.25, -0.2) is 5.43 Å². The van der Waals surface area contributed by atoms with E-state index in [1.807, 2.05) is 0 Å². The number of carbonyl (C=O) groups excluding carboxylic acids is 2. The Kier molecular flexibility index (Phi) is 5.73. The molecule has 0 aliphatic rings. The minimum Gasteiger partial charge on any atom is -0.463 e. The molecule has 0 saturated heterocycles. The zero-order valence-electron chi connectivity index (χ0n) is 11.6. The minimum absolute atomic E-state index is 0.103. The molecule has 0 saturated carbocycles. The number of benzene rings is 1. The fourth-order valence-corrected chi connectivity index (χ4v) is 1.84. The molecule has 0 unspecified atom stereocenters. The largest absolute Gasteiger partial charge is 0.463 e. The Hall–Kier alpha value is -2.60. The minimum atomic E-state index is -0.322. The summed E-state index contributed by atoms with van der Waals surface area (Å²) in [5.41, 5.74) is 2.71. The zero-order valence-corrected chi connectivity index (χ0v) is 12.3. The van der Waals surface area contributed by atoms with Crippen LogP contribution in [-0.4, -0.2) is 24.6 Å². The van der Waals surface area contributed by atoms with Crippen LogP contribution in [0.1, 0.15) is 22.5 Å². The van der Waals surface area contributed by atoms with Crippen molar-refractivity contribution in [3.05, 3.63) is 59.0 Å². The van der Waals surface area contributed by atoms with E-state index in [4.69, 9.17) is 16.0 Å². The number of nitrogens with zero attached hydrogens (tertiary/aromatic N) is 1. The zero-order chi connectivity index (χ0) is 15.8. The number of nitrogens with one attached hydrogen (secondary N) is 2. The monoisotopic (exact) mass is 319 g/mol. The molecule has 22 heavy (non-hydrogen) atoms. The fraction of sp³-hybridized carbons (Fsp3) is 0.133. The average molecular weight is 320 g/mol. The van der Waals surface area contributed by atoms with Crippen molar-refractivity contribution in [1.29, 1.82) is 0 Å². The van der Waals surface area contributed by atoms with E-state index in [1.165, 1.54) is 12.5 Å². The highest BCUT2D eigenvalue weighted by Crippen LogP contribution is 2.14. The molecule has 1 aromatic heterocycles. The Morgan fingerprint density at radius 3 is 2.77 bits per heavy atom. The Labute approximate surface area is 132 Å². The highest BCUT2D eigenvalue weighted by Gasteiger charge is 2.09. The van der Waals surface area contributed by atoms with Crippen molar-refractivity contribution in [1.82, 2.24) is 10.7 Å². The maximum atomic E-state index is 11.8. The number of rotatable bonds is 6. The van der Waals surface area contributed by atoms with Crippen LogP contribution >= 0.6 is 11.6 Å². The van der Waals surface area contributed by atoms with Gasteiger partial charge in [0, 0.05) is 13.0 Å². The van der Waals surface area contributed by atoms with E-state index < -0.39 is 0 Å². The van der Waals surface area contributed by atoms with Gasteiger partial charge in [-0.2, -0.15) is 5.10 Å². The maximum Gasteiger partial charge on any atom is 0.252 e. The summed E-state index contributed by atoms with van der Waals surface area (Å²) in [6, 6.07) is 10.1. The van der Waals surface area contributed by atoms with Crippen molar-refractivity contribution >= 4 is 29.6 Å².